The molecule has 0 saturated carbocycles. The van der Waals surface area contributed by atoms with Gasteiger partial charge in [0.1, 0.15) is 5.69 Å². The topological polar surface area (TPSA) is 17.3 Å². The first-order chi connectivity index (χ1) is 8.47. The molecule has 5 heteroatoms. The predicted octanol–water partition coefficient (Wildman–Crippen LogP) is 4.62. The van der Waals surface area contributed by atoms with E-state index in [0.717, 1.165) is 22.1 Å². The van der Waals surface area contributed by atoms with Gasteiger partial charge in [-0.2, -0.15) is 0 Å². The van der Waals surface area contributed by atoms with Gasteiger partial charge in [-0.15, -0.1) is 0 Å². The van der Waals surface area contributed by atoms with E-state index in [1.54, 1.807) is 0 Å². The van der Waals surface area contributed by atoms with E-state index in [2.05, 4.69) is 4.98 Å². The molecule has 0 saturated heterocycles. The molecule has 0 bridgehead atoms. The van der Waals surface area contributed by atoms with Crippen molar-refractivity contribution in [2.75, 3.05) is 0 Å². The van der Waals surface area contributed by atoms with Crippen LogP contribution >= 0.6 is 34.8 Å². The van der Waals surface area contributed by atoms with Crippen molar-refractivity contribution in [1.29, 1.82) is 0 Å². The van der Waals surface area contributed by atoms with Crippen molar-refractivity contribution < 1.29 is 0 Å². The zero-order valence-electron chi connectivity index (χ0n) is 9.49. The highest BCUT2D eigenvalue weighted by atomic mass is 35.6. The Morgan fingerprint density at radius 3 is 2.61 bits per heavy atom. The second-order valence-corrected chi connectivity index (χ2v) is 6.50. The lowest BCUT2D eigenvalue weighted by Crippen LogP contribution is -2.07. The van der Waals surface area contributed by atoms with Crippen LogP contribution in [-0.2, 0) is 3.79 Å². The smallest absolute Gasteiger partial charge is 0.234 e. The monoisotopic (exact) mass is 298 g/mol. The van der Waals surface area contributed by atoms with Gasteiger partial charge in [-0.25, -0.2) is 4.98 Å². The van der Waals surface area contributed by atoms with Crippen LogP contribution < -0.4 is 0 Å². The molecule has 3 rings (SSSR count). The zero-order chi connectivity index (χ0) is 12.9. The van der Waals surface area contributed by atoms with E-state index in [4.69, 9.17) is 34.8 Å². The van der Waals surface area contributed by atoms with Gasteiger partial charge in [-0.1, -0.05) is 40.9 Å². The van der Waals surface area contributed by atoms with Gasteiger partial charge in [-0.3, -0.25) is 0 Å². The van der Waals surface area contributed by atoms with E-state index in [1.165, 1.54) is 0 Å². The number of aromatic nitrogens is 2. The minimum Gasteiger partial charge on any atom is -0.313 e. The van der Waals surface area contributed by atoms with Crippen molar-refractivity contribution in [3.05, 3.63) is 47.8 Å². The van der Waals surface area contributed by atoms with E-state index in [-0.39, 0.29) is 0 Å². The van der Waals surface area contributed by atoms with E-state index >= 15 is 0 Å². The highest BCUT2D eigenvalue weighted by Crippen LogP contribution is 2.40. The van der Waals surface area contributed by atoms with Gasteiger partial charge >= 0.3 is 0 Å². The van der Waals surface area contributed by atoms with Gasteiger partial charge in [0.2, 0.25) is 3.79 Å². The average Bonchev–Trinajstić information content (AvgIpc) is 2.74. The second-order valence-electron chi connectivity index (χ2n) is 4.21. The summed E-state index contributed by atoms with van der Waals surface area (Å²) in [6.45, 7) is 2.01. The van der Waals surface area contributed by atoms with E-state index in [9.17, 15) is 0 Å². The molecule has 92 valence electrons. The number of alkyl halides is 3. The number of benzene rings is 1. The minimum absolute atomic E-state index is 0.454. The molecule has 3 aromatic rings. The van der Waals surface area contributed by atoms with Gasteiger partial charge in [0.05, 0.1) is 16.6 Å². The Balaban J connectivity index is 2.51. The van der Waals surface area contributed by atoms with Crippen LogP contribution in [0.2, 0.25) is 0 Å². The van der Waals surface area contributed by atoms with E-state index in [1.807, 2.05) is 47.9 Å². The van der Waals surface area contributed by atoms with Crippen molar-refractivity contribution in [1.82, 2.24) is 9.38 Å². The molecule has 0 aliphatic heterocycles. The number of rotatable bonds is 0. The fourth-order valence-corrected chi connectivity index (χ4v) is 2.51. The average molecular weight is 300 g/mol. The van der Waals surface area contributed by atoms with Crippen molar-refractivity contribution in [2.24, 2.45) is 0 Å². The van der Waals surface area contributed by atoms with Gasteiger partial charge in [-0.05, 0) is 36.8 Å². The first-order valence-electron chi connectivity index (χ1n) is 5.41. The maximum absolute atomic E-state index is 5.99. The van der Waals surface area contributed by atoms with Crippen molar-refractivity contribution in [2.45, 2.75) is 10.7 Å². The molecule has 0 atom stereocenters. The molecule has 0 unspecified atom stereocenters. The molecule has 0 aliphatic rings. The first-order valence-corrected chi connectivity index (χ1v) is 6.55. The molecule has 1 aromatic carbocycles. The molecular formula is C13H9Cl3N2. The van der Waals surface area contributed by atoms with Crippen LogP contribution in [0.4, 0.5) is 0 Å². The first kappa shape index (κ1) is 12.1. The molecule has 0 radical (unpaired) electrons. The summed E-state index contributed by atoms with van der Waals surface area (Å²) in [6.07, 6.45) is 1.94. The maximum Gasteiger partial charge on any atom is 0.234 e. The Hall–Kier alpha value is -0.960. The van der Waals surface area contributed by atoms with Crippen LogP contribution in [-0.4, -0.2) is 9.38 Å². The van der Waals surface area contributed by atoms with Crippen molar-refractivity contribution in [3.8, 4) is 0 Å². The number of halogens is 3. The number of fused-ring (bicyclic) bond motifs is 3. The predicted molar refractivity (Wildman–Crippen MR) is 76.7 cm³/mol. The van der Waals surface area contributed by atoms with Crippen molar-refractivity contribution in [3.63, 3.8) is 0 Å². The molecule has 0 N–H and O–H groups in total. The Labute approximate surface area is 119 Å². The van der Waals surface area contributed by atoms with Crippen LogP contribution in [0.5, 0.6) is 0 Å². The van der Waals surface area contributed by atoms with E-state index < -0.39 is 3.79 Å². The Morgan fingerprint density at radius 1 is 1.11 bits per heavy atom. The third-order valence-corrected chi connectivity index (χ3v) is 3.42. The summed E-state index contributed by atoms with van der Waals surface area (Å²) in [7, 11) is 0. The Kier molecular flexibility index (Phi) is 2.70. The Morgan fingerprint density at radius 2 is 1.89 bits per heavy atom. The summed E-state index contributed by atoms with van der Waals surface area (Å²) in [5, 5.41) is 0. The van der Waals surface area contributed by atoms with Gasteiger partial charge in [0, 0.05) is 6.20 Å². The summed E-state index contributed by atoms with van der Waals surface area (Å²) in [5.74, 6) is 0. The summed E-state index contributed by atoms with van der Waals surface area (Å²) in [4.78, 5) is 4.49. The fourth-order valence-electron chi connectivity index (χ4n) is 2.10. The number of aryl methyl sites for hydroxylation is 1. The Bertz CT molecular complexity index is 741. The largest absolute Gasteiger partial charge is 0.313 e. The lowest BCUT2D eigenvalue weighted by molar-refractivity contribution is 1.09. The molecular weight excluding hydrogens is 291 g/mol. The standard InChI is InChI=1S/C13H9Cl3N2/c1-8-4-5-10-9(7-8)17-12(13(14,15)16)11-3-2-6-18(10)11/h2-7H,1H3. The fraction of sp³-hybridized carbons (Fsp3) is 0.154. The third kappa shape index (κ3) is 1.85. The maximum atomic E-state index is 5.99. The van der Waals surface area contributed by atoms with Crippen molar-refractivity contribution >= 4 is 51.4 Å². The minimum atomic E-state index is -1.53. The number of hydrogen-bond donors (Lipinski definition) is 0. The molecule has 2 heterocycles. The molecule has 2 nitrogen and oxygen atoms in total. The molecule has 0 fully saturated rings. The lowest BCUT2D eigenvalue weighted by Gasteiger charge is -2.14. The number of hydrogen-bond acceptors (Lipinski definition) is 1. The summed E-state index contributed by atoms with van der Waals surface area (Å²) >= 11 is 18.0. The summed E-state index contributed by atoms with van der Waals surface area (Å²) in [5.41, 5.74) is 4.21. The molecule has 0 aliphatic carbocycles. The third-order valence-electron chi connectivity index (χ3n) is 2.88. The SMILES string of the molecule is Cc1ccc2c(c1)nc(C(Cl)(Cl)Cl)c1cccn12. The second kappa shape index (κ2) is 4.02. The van der Waals surface area contributed by atoms with Gasteiger partial charge < -0.3 is 4.40 Å². The highest BCUT2D eigenvalue weighted by molar-refractivity contribution is 6.67. The van der Waals surface area contributed by atoms with Crippen LogP contribution in [0.15, 0.2) is 36.5 Å². The lowest BCUT2D eigenvalue weighted by atomic mass is 10.2. The highest BCUT2D eigenvalue weighted by Gasteiger charge is 2.28. The quantitative estimate of drug-likeness (QED) is 0.554. The zero-order valence-corrected chi connectivity index (χ0v) is 11.8. The molecule has 18 heavy (non-hydrogen) atoms. The normalized spacial score (nSPS) is 12.4. The van der Waals surface area contributed by atoms with Crippen LogP contribution in [0, 0.1) is 6.92 Å². The van der Waals surface area contributed by atoms with Crippen LogP contribution in [0.25, 0.3) is 16.6 Å². The molecule has 0 amide bonds. The summed E-state index contributed by atoms with van der Waals surface area (Å²) in [6, 6.07) is 9.85. The van der Waals surface area contributed by atoms with Crippen LogP contribution in [0.1, 0.15) is 11.3 Å². The molecule has 0 spiro atoms. The molecule has 2 aromatic heterocycles. The van der Waals surface area contributed by atoms with Gasteiger partial charge in [0.25, 0.3) is 0 Å². The summed E-state index contributed by atoms with van der Waals surface area (Å²) < 4.78 is 0.455. The van der Waals surface area contributed by atoms with Crippen LogP contribution in [0.3, 0.4) is 0 Å². The van der Waals surface area contributed by atoms with E-state index in [0.29, 0.717) is 5.69 Å². The number of nitrogens with zero attached hydrogens (tertiary/aromatic N) is 2. The van der Waals surface area contributed by atoms with Gasteiger partial charge in [0.15, 0.2) is 0 Å².